The molecule has 0 saturated carbocycles. The van der Waals surface area contributed by atoms with Crippen molar-refractivity contribution in [3.63, 3.8) is 0 Å². The average Bonchev–Trinajstić information content (AvgIpc) is 2.41. The van der Waals surface area contributed by atoms with Gasteiger partial charge in [0, 0.05) is 12.1 Å². The number of amides is 1. The van der Waals surface area contributed by atoms with Crippen LogP contribution in [-0.4, -0.2) is 5.91 Å². The highest BCUT2D eigenvalue weighted by Crippen LogP contribution is 2.19. The van der Waals surface area contributed by atoms with E-state index in [1.807, 2.05) is 25.1 Å². The maximum atomic E-state index is 13.3. The van der Waals surface area contributed by atoms with Crippen molar-refractivity contribution in [2.75, 3.05) is 5.32 Å². The molecule has 2 nitrogen and oxygen atoms in total. The van der Waals surface area contributed by atoms with Crippen LogP contribution in [0, 0.1) is 12.7 Å². The number of hydrogen-bond acceptors (Lipinski definition) is 1. The summed E-state index contributed by atoms with van der Waals surface area (Å²) in [7, 11) is 0. The number of aryl methyl sites for hydroxylation is 2. The van der Waals surface area contributed by atoms with E-state index in [0.717, 1.165) is 5.56 Å². The topological polar surface area (TPSA) is 29.1 Å². The Bertz CT molecular complexity index is 628. The number of nitrogens with one attached hydrogen (secondary N) is 1. The Balaban J connectivity index is 1.91. The van der Waals surface area contributed by atoms with Gasteiger partial charge in [0.25, 0.3) is 0 Å². The van der Waals surface area contributed by atoms with Crippen LogP contribution in [-0.2, 0) is 11.2 Å². The summed E-state index contributed by atoms with van der Waals surface area (Å²) in [4.78, 5) is 11.8. The SMILES string of the molecule is Cc1cccc(CCC(=O)Nc2ccc(Br)c(F)c2)c1. The number of carbonyl (C=O) groups is 1. The Labute approximate surface area is 126 Å². The van der Waals surface area contributed by atoms with Gasteiger partial charge < -0.3 is 5.32 Å². The number of anilines is 1. The number of rotatable bonds is 4. The molecule has 0 heterocycles. The van der Waals surface area contributed by atoms with E-state index in [1.165, 1.54) is 11.6 Å². The third-order valence-electron chi connectivity index (χ3n) is 2.93. The molecule has 0 aliphatic rings. The van der Waals surface area contributed by atoms with E-state index in [-0.39, 0.29) is 11.7 Å². The second-order valence-electron chi connectivity index (χ2n) is 4.67. The summed E-state index contributed by atoms with van der Waals surface area (Å²) in [5.41, 5.74) is 2.78. The molecule has 0 unspecified atom stereocenters. The molecule has 104 valence electrons. The van der Waals surface area contributed by atoms with Crippen LogP contribution >= 0.6 is 15.9 Å². The lowest BCUT2D eigenvalue weighted by molar-refractivity contribution is -0.116. The first-order chi connectivity index (χ1) is 9.54. The standard InChI is InChI=1S/C16H15BrFNO/c1-11-3-2-4-12(9-11)5-8-16(20)19-13-6-7-14(17)15(18)10-13/h2-4,6-7,9-10H,5,8H2,1H3,(H,19,20). The highest BCUT2D eigenvalue weighted by Gasteiger charge is 2.05. The van der Waals surface area contributed by atoms with Gasteiger partial charge >= 0.3 is 0 Å². The third-order valence-corrected chi connectivity index (χ3v) is 3.57. The monoisotopic (exact) mass is 335 g/mol. The van der Waals surface area contributed by atoms with E-state index in [4.69, 9.17) is 0 Å². The summed E-state index contributed by atoms with van der Waals surface area (Å²) >= 11 is 3.08. The molecular weight excluding hydrogens is 321 g/mol. The molecule has 2 aromatic rings. The fraction of sp³-hybridized carbons (Fsp3) is 0.188. The van der Waals surface area contributed by atoms with E-state index < -0.39 is 0 Å². The van der Waals surface area contributed by atoms with Gasteiger partial charge in [-0.05, 0) is 53.0 Å². The molecule has 2 aromatic carbocycles. The van der Waals surface area contributed by atoms with Crippen LogP contribution < -0.4 is 5.32 Å². The van der Waals surface area contributed by atoms with Crippen LogP contribution in [0.2, 0.25) is 0 Å². The fourth-order valence-electron chi connectivity index (χ4n) is 1.92. The highest BCUT2D eigenvalue weighted by molar-refractivity contribution is 9.10. The van der Waals surface area contributed by atoms with Gasteiger partial charge in [-0.2, -0.15) is 0 Å². The minimum absolute atomic E-state index is 0.117. The van der Waals surface area contributed by atoms with E-state index in [9.17, 15) is 9.18 Å². The number of halogens is 2. The van der Waals surface area contributed by atoms with Crippen molar-refractivity contribution in [3.8, 4) is 0 Å². The van der Waals surface area contributed by atoms with Gasteiger partial charge in [0.15, 0.2) is 0 Å². The maximum absolute atomic E-state index is 13.3. The molecule has 0 aliphatic heterocycles. The van der Waals surface area contributed by atoms with Crippen LogP contribution in [0.25, 0.3) is 0 Å². The van der Waals surface area contributed by atoms with Crippen LogP contribution in [0.1, 0.15) is 17.5 Å². The minimum Gasteiger partial charge on any atom is -0.326 e. The molecule has 1 amide bonds. The van der Waals surface area contributed by atoms with Gasteiger partial charge in [-0.25, -0.2) is 4.39 Å². The summed E-state index contributed by atoms with van der Waals surface area (Å²) in [5.74, 6) is -0.505. The van der Waals surface area contributed by atoms with Crippen molar-refractivity contribution < 1.29 is 9.18 Å². The minimum atomic E-state index is -0.388. The first-order valence-electron chi connectivity index (χ1n) is 6.35. The van der Waals surface area contributed by atoms with Gasteiger partial charge in [-0.1, -0.05) is 29.8 Å². The zero-order valence-corrected chi connectivity index (χ0v) is 12.7. The Morgan fingerprint density at radius 2 is 2.05 bits per heavy atom. The molecule has 0 saturated heterocycles. The van der Waals surface area contributed by atoms with Crippen LogP contribution in [0.5, 0.6) is 0 Å². The third kappa shape index (κ3) is 4.17. The molecule has 0 spiro atoms. The van der Waals surface area contributed by atoms with E-state index in [2.05, 4.69) is 27.3 Å². The second-order valence-corrected chi connectivity index (χ2v) is 5.52. The smallest absolute Gasteiger partial charge is 0.224 e. The molecule has 0 atom stereocenters. The number of benzene rings is 2. The largest absolute Gasteiger partial charge is 0.326 e. The predicted octanol–water partition coefficient (Wildman–Crippen LogP) is 4.47. The van der Waals surface area contributed by atoms with E-state index >= 15 is 0 Å². The lowest BCUT2D eigenvalue weighted by Gasteiger charge is -2.06. The van der Waals surface area contributed by atoms with Gasteiger partial charge in [-0.3, -0.25) is 4.79 Å². The normalized spacial score (nSPS) is 10.3. The first-order valence-corrected chi connectivity index (χ1v) is 7.14. The summed E-state index contributed by atoms with van der Waals surface area (Å²) in [6.45, 7) is 2.02. The molecule has 4 heteroatoms. The number of carbonyl (C=O) groups excluding carboxylic acids is 1. The fourth-order valence-corrected chi connectivity index (χ4v) is 2.17. The quantitative estimate of drug-likeness (QED) is 0.877. The van der Waals surface area contributed by atoms with Crippen molar-refractivity contribution in [2.24, 2.45) is 0 Å². The lowest BCUT2D eigenvalue weighted by atomic mass is 10.1. The lowest BCUT2D eigenvalue weighted by Crippen LogP contribution is -2.12. The molecule has 0 bridgehead atoms. The van der Waals surface area contributed by atoms with Gasteiger partial charge in [-0.15, -0.1) is 0 Å². The summed E-state index contributed by atoms with van der Waals surface area (Å²) in [5, 5.41) is 2.70. The summed E-state index contributed by atoms with van der Waals surface area (Å²) in [6, 6.07) is 12.6. The Kier molecular flexibility index (Phi) is 4.90. The van der Waals surface area contributed by atoms with Crippen molar-refractivity contribution in [2.45, 2.75) is 19.8 Å². The van der Waals surface area contributed by atoms with Crippen LogP contribution in [0.4, 0.5) is 10.1 Å². The Morgan fingerprint density at radius 3 is 2.75 bits per heavy atom. The van der Waals surface area contributed by atoms with Crippen molar-refractivity contribution >= 4 is 27.5 Å². The highest BCUT2D eigenvalue weighted by atomic mass is 79.9. The molecule has 1 N–H and O–H groups in total. The summed E-state index contributed by atoms with van der Waals surface area (Å²) < 4.78 is 13.7. The van der Waals surface area contributed by atoms with Crippen molar-refractivity contribution in [1.82, 2.24) is 0 Å². The number of hydrogen-bond donors (Lipinski definition) is 1. The molecule has 0 fully saturated rings. The van der Waals surface area contributed by atoms with Crippen LogP contribution in [0.3, 0.4) is 0 Å². The molecular formula is C16H15BrFNO. The van der Waals surface area contributed by atoms with Gasteiger partial charge in [0.1, 0.15) is 5.82 Å². The first kappa shape index (κ1) is 14.7. The predicted molar refractivity (Wildman–Crippen MR) is 82.2 cm³/mol. The van der Waals surface area contributed by atoms with E-state index in [1.54, 1.807) is 12.1 Å². The summed E-state index contributed by atoms with van der Waals surface area (Å²) in [6.07, 6.45) is 1.05. The Hall–Kier alpha value is -1.68. The molecule has 0 aromatic heterocycles. The zero-order valence-electron chi connectivity index (χ0n) is 11.1. The Morgan fingerprint density at radius 1 is 1.25 bits per heavy atom. The van der Waals surface area contributed by atoms with Gasteiger partial charge in [0.2, 0.25) is 5.91 Å². The maximum Gasteiger partial charge on any atom is 0.224 e. The molecule has 20 heavy (non-hydrogen) atoms. The molecule has 0 aliphatic carbocycles. The molecule has 0 radical (unpaired) electrons. The van der Waals surface area contributed by atoms with Gasteiger partial charge in [0.05, 0.1) is 4.47 Å². The molecule has 2 rings (SSSR count). The van der Waals surface area contributed by atoms with Crippen LogP contribution in [0.15, 0.2) is 46.9 Å². The average molecular weight is 336 g/mol. The zero-order chi connectivity index (χ0) is 14.5. The van der Waals surface area contributed by atoms with E-state index in [0.29, 0.717) is 23.0 Å². The van der Waals surface area contributed by atoms with Crippen molar-refractivity contribution in [1.29, 1.82) is 0 Å². The van der Waals surface area contributed by atoms with Crippen molar-refractivity contribution in [3.05, 3.63) is 63.9 Å². The second kappa shape index (κ2) is 6.66.